The monoisotopic (exact) mass is 360 g/mol. The summed E-state index contributed by atoms with van der Waals surface area (Å²) in [4.78, 5) is 23.4. The molecule has 0 radical (unpaired) electrons. The van der Waals surface area contributed by atoms with Crippen molar-refractivity contribution in [1.29, 1.82) is 0 Å². The molecule has 1 unspecified atom stereocenters. The van der Waals surface area contributed by atoms with Gasteiger partial charge in [-0.05, 0) is 45.8 Å². The summed E-state index contributed by atoms with van der Waals surface area (Å²) in [6.07, 6.45) is 0. The molecule has 0 aromatic heterocycles. The molecule has 3 aromatic rings. The summed E-state index contributed by atoms with van der Waals surface area (Å²) in [5.41, 5.74) is 0.583. The van der Waals surface area contributed by atoms with Crippen molar-refractivity contribution in [2.45, 2.75) is 5.38 Å². The zero-order valence-corrected chi connectivity index (χ0v) is 14.1. The summed E-state index contributed by atoms with van der Waals surface area (Å²) in [6.45, 7) is 0. The minimum atomic E-state index is -0.944. The number of anilines is 1. The molecule has 0 saturated carbocycles. The lowest BCUT2D eigenvalue weighted by Crippen LogP contribution is -2.39. The molecular weight excluding hydrogens is 347 g/mol. The first-order chi connectivity index (χ1) is 11.6. The van der Waals surface area contributed by atoms with Gasteiger partial charge in [-0.25, -0.2) is 4.79 Å². The Balaban J connectivity index is 1.81. The molecule has 3 amide bonds. The first-order valence-electron chi connectivity index (χ1n) is 7.31. The van der Waals surface area contributed by atoms with Gasteiger partial charge in [0.05, 0.1) is 0 Å². The lowest BCUT2D eigenvalue weighted by atomic mass is 10.0. The number of rotatable bonds is 3. The van der Waals surface area contributed by atoms with Crippen LogP contribution in [0.15, 0.2) is 54.6 Å². The number of alkyl halides is 2. The second-order valence-corrected chi connectivity index (χ2v) is 6.16. The second-order valence-electron chi connectivity index (χ2n) is 5.33. The third kappa shape index (κ3) is 3.61. The highest BCUT2D eigenvalue weighted by Crippen LogP contribution is 2.25. The van der Waals surface area contributed by atoms with Gasteiger partial charge in [-0.2, -0.15) is 0 Å². The van der Waals surface area contributed by atoms with E-state index in [2.05, 4.69) is 28.8 Å². The van der Waals surface area contributed by atoms with Gasteiger partial charge in [0, 0.05) is 11.6 Å². The quantitative estimate of drug-likeness (QED) is 0.534. The van der Waals surface area contributed by atoms with Crippen molar-refractivity contribution in [3.8, 4) is 0 Å². The molecule has 0 aliphatic heterocycles. The minimum Gasteiger partial charge on any atom is -0.308 e. The van der Waals surface area contributed by atoms with Gasteiger partial charge in [-0.1, -0.05) is 30.3 Å². The van der Waals surface area contributed by atoms with Gasteiger partial charge < -0.3 is 5.32 Å². The Morgan fingerprint density at radius 2 is 1.54 bits per heavy atom. The van der Waals surface area contributed by atoms with Crippen molar-refractivity contribution in [3.05, 3.63) is 54.6 Å². The molecular formula is C18H14Cl2N2O2. The van der Waals surface area contributed by atoms with E-state index in [1.165, 1.54) is 0 Å². The van der Waals surface area contributed by atoms with Crippen LogP contribution in [0.5, 0.6) is 0 Å². The second kappa shape index (κ2) is 7.07. The van der Waals surface area contributed by atoms with Crippen LogP contribution in [-0.2, 0) is 4.79 Å². The number of halogens is 2. The minimum absolute atomic E-state index is 0.0658. The Labute approximate surface area is 148 Å². The molecule has 0 aliphatic rings. The summed E-state index contributed by atoms with van der Waals surface area (Å²) in [6, 6.07) is 17.1. The highest BCUT2D eigenvalue weighted by Gasteiger charge is 2.16. The molecule has 4 nitrogen and oxygen atoms in total. The number of hydrogen-bond acceptors (Lipinski definition) is 2. The predicted octanol–water partition coefficient (Wildman–Crippen LogP) is 4.49. The fraction of sp³-hybridized carbons (Fsp3) is 0.111. The summed E-state index contributed by atoms with van der Waals surface area (Å²) in [5, 5.41) is 8.16. The van der Waals surface area contributed by atoms with Crippen LogP contribution in [0.1, 0.15) is 0 Å². The van der Waals surface area contributed by atoms with Crippen molar-refractivity contribution in [3.63, 3.8) is 0 Å². The Morgan fingerprint density at radius 3 is 2.21 bits per heavy atom. The number of urea groups is 1. The molecule has 3 aromatic carbocycles. The number of carbonyl (C=O) groups excluding carboxylic acids is 2. The third-order valence-corrected chi connectivity index (χ3v) is 4.44. The van der Waals surface area contributed by atoms with E-state index in [4.69, 9.17) is 23.2 Å². The van der Waals surface area contributed by atoms with Crippen LogP contribution in [0.25, 0.3) is 21.5 Å². The van der Waals surface area contributed by atoms with Crippen molar-refractivity contribution in [2.75, 3.05) is 11.2 Å². The van der Waals surface area contributed by atoms with E-state index in [1.807, 2.05) is 30.3 Å². The first-order valence-corrected chi connectivity index (χ1v) is 8.28. The molecule has 0 bridgehead atoms. The largest absolute Gasteiger partial charge is 0.325 e. The van der Waals surface area contributed by atoms with E-state index in [1.54, 1.807) is 6.07 Å². The van der Waals surface area contributed by atoms with Crippen molar-refractivity contribution < 1.29 is 9.59 Å². The molecule has 3 rings (SSSR count). The molecule has 0 fully saturated rings. The SMILES string of the molecule is O=C(NC(=O)C(Cl)CCl)Nc1ccc2cc3ccccc3cc2c1. The van der Waals surface area contributed by atoms with Gasteiger partial charge in [0.2, 0.25) is 5.91 Å². The fourth-order valence-electron chi connectivity index (χ4n) is 2.44. The number of amides is 3. The van der Waals surface area contributed by atoms with Gasteiger partial charge in [-0.3, -0.25) is 10.1 Å². The Hall–Kier alpha value is -2.30. The summed E-state index contributed by atoms with van der Waals surface area (Å²) in [5.74, 6) is -0.695. The average Bonchev–Trinajstić information content (AvgIpc) is 2.58. The molecule has 0 saturated heterocycles. The predicted molar refractivity (Wildman–Crippen MR) is 99.0 cm³/mol. The number of carbonyl (C=O) groups is 2. The Bertz CT molecular complexity index is 927. The zero-order valence-electron chi connectivity index (χ0n) is 12.6. The average molecular weight is 361 g/mol. The van der Waals surface area contributed by atoms with E-state index in [9.17, 15) is 9.59 Å². The van der Waals surface area contributed by atoms with Crippen LogP contribution in [0.3, 0.4) is 0 Å². The van der Waals surface area contributed by atoms with Crippen molar-refractivity contribution in [2.24, 2.45) is 0 Å². The number of nitrogens with one attached hydrogen (secondary N) is 2. The summed E-state index contributed by atoms with van der Waals surface area (Å²) in [7, 11) is 0. The Morgan fingerprint density at radius 1 is 0.917 bits per heavy atom. The lowest BCUT2D eigenvalue weighted by Gasteiger charge is -2.10. The number of hydrogen-bond donors (Lipinski definition) is 2. The molecule has 0 heterocycles. The van der Waals surface area contributed by atoms with Crippen LogP contribution in [0.4, 0.5) is 10.5 Å². The molecule has 6 heteroatoms. The smallest absolute Gasteiger partial charge is 0.308 e. The normalized spacial score (nSPS) is 12.1. The summed E-state index contributed by atoms with van der Waals surface area (Å²) < 4.78 is 0. The van der Waals surface area contributed by atoms with Crippen molar-refractivity contribution >= 4 is 62.4 Å². The van der Waals surface area contributed by atoms with E-state index < -0.39 is 17.3 Å². The van der Waals surface area contributed by atoms with E-state index in [0.717, 1.165) is 21.5 Å². The highest BCUT2D eigenvalue weighted by atomic mass is 35.5. The van der Waals surface area contributed by atoms with Gasteiger partial charge in [0.1, 0.15) is 5.38 Å². The first kappa shape index (κ1) is 16.6. The van der Waals surface area contributed by atoms with E-state index in [0.29, 0.717) is 5.69 Å². The molecule has 24 heavy (non-hydrogen) atoms. The number of imide groups is 1. The zero-order chi connectivity index (χ0) is 17.1. The fourth-order valence-corrected chi connectivity index (χ4v) is 2.64. The Kier molecular flexibility index (Phi) is 4.88. The number of benzene rings is 3. The van der Waals surface area contributed by atoms with Crippen LogP contribution in [-0.4, -0.2) is 23.2 Å². The lowest BCUT2D eigenvalue weighted by molar-refractivity contribution is -0.119. The topological polar surface area (TPSA) is 58.2 Å². The standard InChI is InChI=1S/C18H14Cl2N2O2/c19-10-16(20)17(23)22-18(24)21-15-6-5-13-7-11-3-1-2-4-12(11)8-14(13)9-15/h1-9,16H,10H2,(H2,21,22,23,24). The molecule has 2 N–H and O–H groups in total. The maximum absolute atomic E-state index is 11.8. The van der Waals surface area contributed by atoms with Crippen LogP contribution >= 0.6 is 23.2 Å². The number of fused-ring (bicyclic) bond motifs is 2. The van der Waals surface area contributed by atoms with E-state index in [-0.39, 0.29) is 5.88 Å². The molecule has 122 valence electrons. The molecule has 0 aliphatic carbocycles. The van der Waals surface area contributed by atoms with Gasteiger partial charge >= 0.3 is 6.03 Å². The van der Waals surface area contributed by atoms with Gasteiger partial charge in [0.25, 0.3) is 0 Å². The van der Waals surface area contributed by atoms with Crippen LogP contribution < -0.4 is 10.6 Å². The maximum atomic E-state index is 11.8. The highest BCUT2D eigenvalue weighted by molar-refractivity contribution is 6.36. The maximum Gasteiger partial charge on any atom is 0.325 e. The van der Waals surface area contributed by atoms with Crippen LogP contribution in [0.2, 0.25) is 0 Å². The molecule has 1 atom stereocenters. The summed E-state index contributed by atoms with van der Waals surface area (Å²) >= 11 is 11.2. The van der Waals surface area contributed by atoms with Gasteiger partial charge in [-0.15, -0.1) is 23.2 Å². The van der Waals surface area contributed by atoms with E-state index >= 15 is 0 Å². The van der Waals surface area contributed by atoms with Crippen LogP contribution in [0, 0.1) is 0 Å². The molecule has 0 spiro atoms. The third-order valence-electron chi connectivity index (χ3n) is 3.62. The van der Waals surface area contributed by atoms with Crippen molar-refractivity contribution in [1.82, 2.24) is 5.32 Å². The van der Waals surface area contributed by atoms with Gasteiger partial charge in [0.15, 0.2) is 0 Å².